The van der Waals surface area contributed by atoms with Crippen LogP contribution < -0.4 is 4.74 Å². The van der Waals surface area contributed by atoms with Crippen molar-refractivity contribution < 1.29 is 9.84 Å². The highest BCUT2D eigenvalue weighted by Crippen LogP contribution is 2.33. The number of rotatable bonds is 5. The SMILES string of the molecule is CC(O)(Cn1cncn1)c1ccc(Oc2ccc(Cl)cc2)cc1Cl. The van der Waals surface area contributed by atoms with E-state index in [9.17, 15) is 5.11 Å². The smallest absolute Gasteiger partial charge is 0.137 e. The minimum atomic E-state index is -1.19. The predicted octanol–water partition coefficient (Wildman–Crippen LogP) is 4.28. The van der Waals surface area contributed by atoms with E-state index in [1.807, 2.05) is 0 Å². The molecule has 0 saturated carbocycles. The predicted molar refractivity (Wildman–Crippen MR) is 92.6 cm³/mol. The molecule has 2 aromatic carbocycles. The van der Waals surface area contributed by atoms with E-state index >= 15 is 0 Å². The Balaban J connectivity index is 1.80. The van der Waals surface area contributed by atoms with Crippen molar-refractivity contribution in [3.05, 3.63) is 70.7 Å². The Hall–Kier alpha value is -2.08. The second-order valence-electron chi connectivity index (χ2n) is 5.56. The molecule has 0 aliphatic heterocycles. The average Bonchev–Trinajstić information content (AvgIpc) is 3.01. The van der Waals surface area contributed by atoms with Crippen molar-refractivity contribution in [2.75, 3.05) is 0 Å². The number of aromatic nitrogens is 3. The van der Waals surface area contributed by atoms with Gasteiger partial charge >= 0.3 is 0 Å². The normalized spacial score (nSPS) is 13.5. The summed E-state index contributed by atoms with van der Waals surface area (Å²) >= 11 is 12.2. The van der Waals surface area contributed by atoms with Gasteiger partial charge in [-0.15, -0.1) is 0 Å². The molecule has 0 fully saturated rings. The highest BCUT2D eigenvalue weighted by molar-refractivity contribution is 6.31. The monoisotopic (exact) mass is 363 g/mol. The van der Waals surface area contributed by atoms with Crippen molar-refractivity contribution in [2.24, 2.45) is 0 Å². The van der Waals surface area contributed by atoms with Gasteiger partial charge in [0, 0.05) is 10.6 Å². The molecule has 1 aromatic heterocycles. The zero-order valence-corrected chi connectivity index (χ0v) is 14.4. The van der Waals surface area contributed by atoms with Gasteiger partial charge in [0.25, 0.3) is 0 Å². The number of benzene rings is 2. The first-order chi connectivity index (χ1) is 11.4. The fraction of sp³-hybridized carbons (Fsp3) is 0.176. The van der Waals surface area contributed by atoms with Crippen LogP contribution in [0.25, 0.3) is 0 Å². The Labute approximate surface area is 149 Å². The molecule has 124 valence electrons. The Morgan fingerprint density at radius 2 is 1.83 bits per heavy atom. The summed E-state index contributed by atoms with van der Waals surface area (Å²) < 4.78 is 7.29. The van der Waals surface area contributed by atoms with Gasteiger partial charge < -0.3 is 9.84 Å². The van der Waals surface area contributed by atoms with E-state index < -0.39 is 5.60 Å². The van der Waals surface area contributed by atoms with Crippen molar-refractivity contribution in [3.8, 4) is 11.5 Å². The summed E-state index contributed by atoms with van der Waals surface area (Å²) in [5.41, 5.74) is -0.605. The van der Waals surface area contributed by atoms with Crippen molar-refractivity contribution in [1.82, 2.24) is 14.8 Å². The summed E-state index contributed by atoms with van der Waals surface area (Å²) in [7, 11) is 0. The largest absolute Gasteiger partial charge is 0.457 e. The minimum absolute atomic E-state index is 0.240. The lowest BCUT2D eigenvalue weighted by Gasteiger charge is -2.25. The maximum absolute atomic E-state index is 10.7. The molecule has 1 N–H and O–H groups in total. The summed E-state index contributed by atoms with van der Waals surface area (Å²) in [5, 5.41) is 15.8. The second kappa shape index (κ2) is 6.81. The van der Waals surface area contributed by atoms with E-state index in [4.69, 9.17) is 27.9 Å². The van der Waals surface area contributed by atoms with Crippen LogP contribution in [0.5, 0.6) is 11.5 Å². The third-order valence-corrected chi connectivity index (χ3v) is 4.07. The number of halogens is 2. The van der Waals surface area contributed by atoms with Crippen LogP contribution in [-0.2, 0) is 12.1 Å². The summed E-state index contributed by atoms with van der Waals surface area (Å²) in [5.74, 6) is 1.22. The number of aliphatic hydroxyl groups is 1. The van der Waals surface area contributed by atoms with E-state index in [2.05, 4.69) is 10.1 Å². The topological polar surface area (TPSA) is 60.2 Å². The molecule has 0 aliphatic carbocycles. The third kappa shape index (κ3) is 3.87. The second-order valence-corrected chi connectivity index (χ2v) is 6.41. The van der Waals surface area contributed by atoms with Gasteiger partial charge in [0.1, 0.15) is 29.8 Å². The highest BCUT2D eigenvalue weighted by atomic mass is 35.5. The van der Waals surface area contributed by atoms with Gasteiger partial charge in [-0.05, 0) is 43.3 Å². The molecule has 0 bridgehead atoms. The Morgan fingerprint density at radius 3 is 2.46 bits per heavy atom. The van der Waals surface area contributed by atoms with Crippen LogP contribution >= 0.6 is 23.2 Å². The molecular weight excluding hydrogens is 349 g/mol. The number of hydrogen-bond donors (Lipinski definition) is 1. The standard InChI is InChI=1S/C17H15Cl2N3O2/c1-17(23,9-22-11-20-10-21-22)15-7-6-14(8-16(15)19)24-13-4-2-12(18)3-5-13/h2-8,10-11,23H,9H2,1H3. The Bertz CT molecular complexity index is 818. The zero-order valence-electron chi connectivity index (χ0n) is 12.9. The van der Waals surface area contributed by atoms with Crippen molar-refractivity contribution in [1.29, 1.82) is 0 Å². The average molecular weight is 364 g/mol. The first-order valence-corrected chi connectivity index (χ1v) is 7.98. The van der Waals surface area contributed by atoms with Gasteiger partial charge in [-0.3, -0.25) is 0 Å². The summed E-state index contributed by atoms with van der Waals surface area (Å²) in [6.45, 7) is 1.92. The quantitative estimate of drug-likeness (QED) is 0.734. The van der Waals surface area contributed by atoms with Gasteiger partial charge in [-0.2, -0.15) is 5.10 Å². The highest BCUT2D eigenvalue weighted by Gasteiger charge is 2.27. The first-order valence-electron chi connectivity index (χ1n) is 7.22. The molecule has 1 heterocycles. The van der Waals surface area contributed by atoms with Crippen molar-refractivity contribution in [2.45, 2.75) is 19.1 Å². The fourth-order valence-electron chi connectivity index (χ4n) is 2.35. The molecule has 0 saturated heterocycles. The van der Waals surface area contributed by atoms with Crippen LogP contribution in [0.4, 0.5) is 0 Å². The molecule has 1 atom stereocenters. The maximum Gasteiger partial charge on any atom is 0.137 e. The van der Waals surface area contributed by atoms with E-state index in [0.717, 1.165) is 0 Å². The minimum Gasteiger partial charge on any atom is -0.457 e. The molecule has 7 heteroatoms. The maximum atomic E-state index is 10.7. The van der Waals surface area contributed by atoms with Gasteiger partial charge in [-0.1, -0.05) is 29.3 Å². The molecule has 3 rings (SSSR count). The van der Waals surface area contributed by atoms with E-state index in [-0.39, 0.29) is 6.54 Å². The van der Waals surface area contributed by atoms with Gasteiger partial charge in [0.2, 0.25) is 0 Å². The van der Waals surface area contributed by atoms with Crippen molar-refractivity contribution in [3.63, 3.8) is 0 Å². The number of hydrogen-bond acceptors (Lipinski definition) is 4. The van der Waals surface area contributed by atoms with Gasteiger partial charge in [0.15, 0.2) is 0 Å². The van der Waals surface area contributed by atoms with Gasteiger partial charge in [-0.25, -0.2) is 9.67 Å². The zero-order chi connectivity index (χ0) is 17.2. The molecule has 0 radical (unpaired) electrons. The Kier molecular flexibility index (Phi) is 4.76. The third-order valence-electron chi connectivity index (χ3n) is 3.51. The lowest BCUT2D eigenvalue weighted by Crippen LogP contribution is -2.28. The summed E-state index contributed by atoms with van der Waals surface area (Å²) in [6.07, 6.45) is 2.96. The molecule has 1 unspecified atom stereocenters. The molecule has 0 spiro atoms. The lowest BCUT2D eigenvalue weighted by molar-refractivity contribution is 0.0346. The number of ether oxygens (including phenoxy) is 1. The molecule has 0 amide bonds. The molecule has 3 aromatic rings. The van der Waals surface area contributed by atoms with E-state index in [0.29, 0.717) is 27.1 Å². The molecule has 24 heavy (non-hydrogen) atoms. The van der Waals surface area contributed by atoms with E-state index in [1.165, 1.54) is 6.33 Å². The van der Waals surface area contributed by atoms with Crippen LogP contribution in [0, 0.1) is 0 Å². The van der Waals surface area contributed by atoms with Crippen LogP contribution in [0.2, 0.25) is 10.0 Å². The summed E-state index contributed by atoms with van der Waals surface area (Å²) in [4.78, 5) is 3.87. The molecule has 5 nitrogen and oxygen atoms in total. The Morgan fingerprint density at radius 1 is 1.12 bits per heavy atom. The fourth-order valence-corrected chi connectivity index (χ4v) is 2.85. The summed E-state index contributed by atoms with van der Waals surface area (Å²) in [6, 6.07) is 12.2. The van der Waals surface area contributed by atoms with Crippen LogP contribution in [0.1, 0.15) is 12.5 Å². The first kappa shape index (κ1) is 16.8. The molecule has 0 aliphatic rings. The molecular formula is C17H15Cl2N3O2. The van der Waals surface area contributed by atoms with E-state index in [1.54, 1.807) is 60.4 Å². The van der Waals surface area contributed by atoms with Gasteiger partial charge in [0.05, 0.1) is 11.6 Å². The van der Waals surface area contributed by atoms with Crippen LogP contribution in [0.3, 0.4) is 0 Å². The van der Waals surface area contributed by atoms with Crippen molar-refractivity contribution >= 4 is 23.2 Å². The number of nitrogens with zero attached hydrogens (tertiary/aromatic N) is 3. The lowest BCUT2D eigenvalue weighted by atomic mass is 9.96. The van der Waals surface area contributed by atoms with Crippen LogP contribution in [0.15, 0.2) is 55.1 Å². The van der Waals surface area contributed by atoms with Crippen LogP contribution in [-0.4, -0.2) is 19.9 Å².